The Labute approximate surface area is 125 Å². The van der Waals surface area contributed by atoms with Crippen molar-refractivity contribution < 1.29 is 4.79 Å². The van der Waals surface area contributed by atoms with Crippen molar-refractivity contribution >= 4 is 5.91 Å². The zero-order chi connectivity index (χ0) is 14.7. The lowest BCUT2D eigenvalue weighted by molar-refractivity contribution is -0.127. The van der Waals surface area contributed by atoms with E-state index >= 15 is 0 Å². The van der Waals surface area contributed by atoms with Crippen molar-refractivity contribution in [3.05, 3.63) is 0 Å². The molecular formula is C17H34N2O. The summed E-state index contributed by atoms with van der Waals surface area (Å²) in [6.07, 6.45) is 13.8. The molecule has 3 heteroatoms. The first-order valence-electron chi connectivity index (χ1n) is 8.72. The Hall–Kier alpha value is -0.570. The molecule has 20 heavy (non-hydrogen) atoms. The molecule has 0 aromatic heterocycles. The predicted octanol–water partition coefficient (Wildman–Crippen LogP) is 3.78. The summed E-state index contributed by atoms with van der Waals surface area (Å²) in [7, 11) is 0. The number of unbranched alkanes of at least 4 members (excludes halogenated alkanes) is 7. The van der Waals surface area contributed by atoms with E-state index in [0.717, 1.165) is 32.4 Å². The zero-order valence-electron chi connectivity index (χ0n) is 13.6. The van der Waals surface area contributed by atoms with E-state index in [1.165, 1.54) is 51.4 Å². The maximum absolute atomic E-state index is 12.2. The molecule has 0 aliphatic carbocycles. The molecule has 1 aliphatic rings. The van der Waals surface area contributed by atoms with Gasteiger partial charge >= 0.3 is 0 Å². The van der Waals surface area contributed by atoms with Crippen molar-refractivity contribution in [3.8, 4) is 0 Å². The van der Waals surface area contributed by atoms with Gasteiger partial charge in [0.1, 0.15) is 0 Å². The summed E-state index contributed by atoms with van der Waals surface area (Å²) in [5.74, 6) is 0.195. The van der Waals surface area contributed by atoms with Crippen LogP contribution in [-0.2, 0) is 4.79 Å². The molecule has 1 amide bonds. The second kappa shape index (κ2) is 10.2. The molecule has 1 saturated heterocycles. The second-order valence-electron chi connectivity index (χ2n) is 6.45. The standard InChI is InChI=1S/C17H34N2O/c1-3-4-5-6-7-8-9-11-14-18-16(20)17(2)13-10-12-15-19-17/h19H,3-15H2,1-2H3,(H,18,20). The Bertz CT molecular complexity index is 260. The molecule has 1 aliphatic heterocycles. The van der Waals surface area contributed by atoms with Crippen molar-refractivity contribution in [2.45, 2.75) is 90.0 Å². The lowest BCUT2D eigenvalue weighted by atomic mass is 9.90. The van der Waals surface area contributed by atoms with E-state index in [1.807, 2.05) is 6.92 Å². The van der Waals surface area contributed by atoms with Gasteiger partial charge in [-0.2, -0.15) is 0 Å². The summed E-state index contributed by atoms with van der Waals surface area (Å²) in [4.78, 5) is 12.2. The monoisotopic (exact) mass is 282 g/mol. The molecule has 1 heterocycles. The molecular weight excluding hydrogens is 248 g/mol. The summed E-state index contributed by atoms with van der Waals surface area (Å²) in [6, 6.07) is 0. The fourth-order valence-electron chi connectivity index (χ4n) is 2.91. The minimum Gasteiger partial charge on any atom is -0.355 e. The molecule has 118 valence electrons. The average Bonchev–Trinajstić information content (AvgIpc) is 2.46. The highest BCUT2D eigenvalue weighted by atomic mass is 16.2. The topological polar surface area (TPSA) is 41.1 Å². The SMILES string of the molecule is CCCCCCCCCCNC(=O)C1(C)CCCCN1. The van der Waals surface area contributed by atoms with E-state index in [0.29, 0.717) is 0 Å². The lowest BCUT2D eigenvalue weighted by Crippen LogP contribution is -2.57. The maximum atomic E-state index is 12.2. The van der Waals surface area contributed by atoms with Crippen LogP contribution in [0.15, 0.2) is 0 Å². The molecule has 2 N–H and O–H groups in total. The molecule has 1 atom stereocenters. The van der Waals surface area contributed by atoms with Gasteiger partial charge in [0.05, 0.1) is 5.54 Å². The van der Waals surface area contributed by atoms with Crippen molar-refractivity contribution in [3.63, 3.8) is 0 Å². The first-order valence-corrected chi connectivity index (χ1v) is 8.72. The van der Waals surface area contributed by atoms with Crippen molar-refractivity contribution in [2.75, 3.05) is 13.1 Å². The van der Waals surface area contributed by atoms with Crippen molar-refractivity contribution in [1.29, 1.82) is 0 Å². The Morgan fingerprint density at radius 2 is 1.70 bits per heavy atom. The summed E-state index contributed by atoms with van der Waals surface area (Å²) < 4.78 is 0. The third kappa shape index (κ3) is 6.74. The van der Waals surface area contributed by atoms with Crippen LogP contribution in [-0.4, -0.2) is 24.5 Å². The second-order valence-corrected chi connectivity index (χ2v) is 6.45. The fourth-order valence-corrected chi connectivity index (χ4v) is 2.91. The molecule has 1 fully saturated rings. The van der Waals surface area contributed by atoms with E-state index in [9.17, 15) is 4.79 Å². The highest BCUT2D eigenvalue weighted by Gasteiger charge is 2.33. The van der Waals surface area contributed by atoms with Crippen molar-refractivity contribution in [1.82, 2.24) is 10.6 Å². The van der Waals surface area contributed by atoms with Crippen LogP contribution in [0.1, 0.15) is 84.5 Å². The molecule has 0 aromatic carbocycles. The molecule has 0 radical (unpaired) electrons. The number of carbonyl (C=O) groups excluding carboxylic acids is 1. The third-order valence-corrected chi connectivity index (χ3v) is 4.44. The molecule has 1 unspecified atom stereocenters. The number of carbonyl (C=O) groups is 1. The van der Waals surface area contributed by atoms with Crippen LogP contribution in [0, 0.1) is 0 Å². The number of hydrogen-bond donors (Lipinski definition) is 2. The Morgan fingerprint density at radius 3 is 2.30 bits per heavy atom. The normalized spacial score (nSPS) is 22.7. The Balaban J connectivity index is 1.96. The van der Waals surface area contributed by atoms with E-state index in [2.05, 4.69) is 17.6 Å². The predicted molar refractivity (Wildman–Crippen MR) is 85.9 cm³/mol. The average molecular weight is 282 g/mol. The Kier molecular flexibility index (Phi) is 8.92. The van der Waals surface area contributed by atoms with Crippen LogP contribution >= 0.6 is 0 Å². The minimum absolute atomic E-state index is 0.195. The minimum atomic E-state index is -0.321. The summed E-state index contributed by atoms with van der Waals surface area (Å²) in [6.45, 7) is 6.10. The van der Waals surface area contributed by atoms with Crippen LogP contribution in [0.5, 0.6) is 0 Å². The van der Waals surface area contributed by atoms with Gasteiger partial charge in [0.15, 0.2) is 0 Å². The molecule has 3 nitrogen and oxygen atoms in total. The summed E-state index contributed by atoms with van der Waals surface area (Å²) in [5.41, 5.74) is -0.321. The van der Waals surface area contributed by atoms with Crippen LogP contribution in [0.3, 0.4) is 0 Å². The van der Waals surface area contributed by atoms with Gasteiger partial charge in [-0.25, -0.2) is 0 Å². The van der Waals surface area contributed by atoms with E-state index in [-0.39, 0.29) is 11.4 Å². The van der Waals surface area contributed by atoms with Crippen LogP contribution in [0.25, 0.3) is 0 Å². The number of piperidine rings is 1. The zero-order valence-corrected chi connectivity index (χ0v) is 13.6. The first kappa shape index (κ1) is 17.5. The first-order chi connectivity index (χ1) is 9.69. The fraction of sp³-hybridized carbons (Fsp3) is 0.941. The highest BCUT2D eigenvalue weighted by molar-refractivity contribution is 5.85. The van der Waals surface area contributed by atoms with Gasteiger partial charge < -0.3 is 10.6 Å². The summed E-state index contributed by atoms with van der Waals surface area (Å²) >= 11 is 0. The number of hydrogen-bond acceptors (Lipinski definition) is 2. The van der Waals surface area contributed by atoms with Gasteiger partial charge in [-0.05, 0) is 39.2 Å². The number of rotatable bonds is 10. The van der Waals surface area contributed by atoms with Crippen LogP contribution < -0.4 is 10.6 Å². The molecule has 1 rings (SSSR count). The summed E-state index contributed by atoms with van der Waals surface area (Å²) in [5, 5.41) is 6.47. The molecule has 0 saturated carbocycles. The van der Waals surface area contributed by atoms with E-state index in [4.69, 9.17) is 0 Å². The van der Waals surface area contributed by atoms with Gasteiger partial charge in [-0.3, -0.25) is 4.79 Å². The number of amides is 1. The maximum Gasteiger partial charge on any atom is 0.240 e. The van der Waals surface area contributed by atoms with Gasteiger partial charge in [0.25, 0.3) is 0 Å². The van der Waals surface area contributed by atoms with E-state index < -0.39 is 0 Å². The van der Waals surface area contributed by atoms with Gasteiger partial charge in [-0.15, -0.1) is 0 Å². The van der Waals surface area contributed by atoms with Gasteiger partial charge in [-0.1, -0.05) is 51.9 Å². The Morgan fingerprint density at radius 1 is 1.05 bits per heavy atom. The third-order valence-electron chi connectivity index (χ3n) is 4.44. The molecule has 0 aromatic rings. The quantitative estimate of drug-likeness (QED) is 0.599. The van der Waals surface area contributed by atoms with Crippen LogP contribution in [0.2, 0.25) is 0 Å². The highest BCUT2D eigenvalue weighted by Crippen LogP contribution is 2.18. The van der Waals surface area contributed by atoms with Gasteiger partial charge in [0.2, 0.25) is 5.91 Å². The molecule has 0 bridgehead atoms. The van der Waals surface area contributed by atoms with Crippen LogP contribution in [0.4, 0.5) is 0 Å². The van der Waals surface area contributed by atoms with E-state index in [1.54, 1.807) is 0 Å². The molecule has 0 spiro atoms. The van der Waals surface area contributed by atoms with Crippen molar-refractivity contribution in [2.24, 2.45) is 0 Å². The smallest absolute Gasteiger partial charge is 0.240 e. The van der Waals surface area contributed by atoms with Gasteiger partial charge in [0, 0.05) is 6.54 Å². The number of nitrogens with one attached hydrogen (secondary N) is 2. The lowest BCUT2D eigenvalue weighted by Gasteiger charge is -2.33. The largest absolute Gasteiger partial charge is 0.355 e.